The van der Waals surface area contributed by atoms with Crippen LogP contribution in [-0.2, 0) is 24.2 Å². The molecule has 6 heteroatoms. The fourth-order valence-electron chi connectivity index (χ4n) is 3.25. The number of nitrogens with zero attached hydrogens (tertiary/aromatic N) is 2. The zero-order chi connectivity index (χ0) is 17.4. The average molecular weight is 337 g/mol. The summed E-state index contributed by atoms with van der Waals surface area (Å²) in [5, 5.41) is 2.97. The van der Waals surface area contributed by atoms with Crippen LogP contribution in [0.15, 0.2) is 47.5 Å². The van der Waals surface area contributed by atoms with E-state index in [1.807, 2.05) is 18.2 Å². The van der Waals surface area contributed by atoms with Gasteiger partial charge in [-0.25, -0.2) is 9.37 Å². The monoisotopic (exact) mass is 337 g/mol. The second-order valence-electron chi connectivity index (χ2n) is 6.22. The number of aromatic nitrogens is 2. The van der Waals surface area contributed by atoms with Gasteiger partial charge in [-0.2, -0.15) is 0 Å². The molecule has 126 valence electrons. The lowest BCUT2D eigenvalue weighted by molar-refractivity contribution is -0.116. The average Bonchev–Trinajstić information content (AvgIpc) is 3.05. The lowest BCUT2D eigenvalue weighted by Gasteiger charge is -2.09. The van der Waals surface area contributed by atoms with Crippen LogP contribution in [0.3, 0.4) is 0 Å². The summed E-state index contributed by atoms with van der Waals surface area (Å²) < 4.78 is 14.5. The van der Waals surface area contributed by atoms with Gasteiger partial charge in [0, 0.05) is 5.69 Å². The van der Waals surface area contributed by atoms with Crippen LogP contribution in [0, 0.1) is 5.82 Å². The molecule has 4 rings (SSSR count). The van der Waals surface area contributed by atoms with E-state index in [2.05, 4.69) is 10.3 Å². The highest BCUT2D eigenvalue weighted by Gasteiger charge is 2.13. The molecule has 0 saturated heterocycles. The van der Waals surface area contributed by atoms with E-state index in [0.717, 1.165) is 31.0 Å². The van der Waals surface area contributed by atoms with Crippen LogP contribution in [0.1, 0.15) is 17.5 Å². The van der Waals surface area contributed by atoms with E-state index >= 15 is 0 Å². The zero-order valence-electron chi connectivity index (χ0n) is 13.5. The molecule has 0 aliphatic heterocycles. The highest BCUT2D eigenvalue weighted by Crippen LogP contribution is 2.24. The van der Waals surface area contributed by atoms with Crippen LogP contribution in [0.2, 0.25) is 0 Å². The van der Waals surface area contributed by atoms with Crippen molar-refractivity contribution in [2.75, 3.05) is 5.32 Å². The van der Waals surface area contributed by atoms with Crippen LogP contribution in [-0.4, -0.2) is 15.5 Å². The van der Waals surface area contributed by atoms with Crippen molar-refractivity contribution in [1.29, 1.82) is 0 Å². The molecule has 25 heavy (non-hydrogen) atoms. The maximum Gasteiger partial charge on any atom is 0.261 e. The Balaban J connectivity index is 1.55. The minimum atomic E-state index is -0.508. The second kappa shape index (κ2) is 6.12. The Morgan fingerprint density at radius 2 is 2.00 bits per heavy atom. The van der Waals surface area contributed by atoms with Gasteiger partial charge in [0.15, 0.2) is 0 Å². The number of carbonyl (C=O) groups excluding carboxylic acids is 1. The van der Waals surface area contributed by atoms with Gasteiger partial charge in [-0.3, -0.25) is 14.2 Å². The summed E-state index contributed by atoms with van der Waals surface area (Å²) in [5.41, 5.74) is 3.28. The van der Waals surface area contributed by atoms with Crippen molar-refractivity contribution in [2.45, 2.75) is 25.8 Å². The van der Waals surface area contributed by atoms with Gasteiger partial charge in [0.25, 0.3) is 5.56 Å². The van der Waals surface area contributed by atoms with Gasteiger partial charge in [0.05, 0.1) is 17.2 Å². The normalized spacial score (nSPS) is 13.0. The molecule has 1 aliphatic rings. The largest absolute Gasteiger partial charge is 0.325 e. The molecule has 0 spiro atoms. The van der Waals surface area contributed by atoms with Crippen molar-refractivity contribution in [3.63, 3.8) is 0 Å². The Bertz CT molecular complexity index is 1040. The standard InChI is InChI=1S/C19H16FN3O2/c20-14-5-7-17-16(9-14)19(25)23(11-21-17)10-18(24)22-15-6-4-12-2-1-3-13(12)8-15/h4-9,11H,1-3,10H2,(H,22,24). The summed E-state index contributed by atoms with van der Waals surface area (Å²) in [5.74, 6) is -0.829. The summed E-state index contributed by atoms with van der Waals surface area (Å²) in [7, 11) is 0. The van der Waals surface area contributed by atoms with Gasteiger partial charge >= 0.3 is 0 Å². The third-order valence-corrected chi connectivity index (χ3v) is 4.48. The van der Waals surface area contributed by atoms with E-state index in [-0.39, 0.29) is 17.8 Å². The predicted molar refractivity (Wildman–Crippen MR) is 93.1 cm³/mol. The number of fused-ring (bicyclic) bond motifs is 2. The van der Waals surface area contributed by atoms with Crippen LogP contribution in [0.4, 0.5) is 10.1 Å². The third kappa shape index (κ3) is 3.03. The SMILES string of the molecule is O=C(Cn1cnc2ccc(F)cc2c1=O)Nc1ccc2c(c1)CCC2. The number of carbonyl (C=O) groups is 1. The maximum atomic E-state index is 13.4. The van der Waals surface area contributed by atoms with Crippen molar-refractivity contribution < 1.29 is 9.18 Å². The van der Waals surface area contributed by atoms with Crippen LogP contribution in [0.5, 0.6) is 0 Å². The highest BCUT2D eigenvalue weighted by atomic mass is 19.1. The number of halogens is 1. The smallest absolute Gasteiger partial charge is 0.261 e. The molecule has 0 bridgehead atoms. The van der Waals surface area contributed by atoms with Gasteiger partial charge in [0.1, 0.15) is 12.4 Å². The first-order chi connectivity index (χ1) is 12.1. The third-order valence-electron chi connectivity index (χ3n) is 4.48. The molecular weight excluding hydrogens is 321 g/mol. The summed E-state index contributed by atoms with van der Waals surface area (Å²) >= 11 is 0. The van der Waals surface area contributed by atoms with Gasteiger partial charge in [-0.1, -0.05) is 6.07 Å². The van der Waals surface area contributed by atoms with Gasteiger partial charge in [0.2, 0.25) is 5.91 Å². The minimum absolute atomic E-state index is 0.160. The molecule has 1 aromatic heterocycles. The van der Waals surface area contributed by atoms with E-state index in [0.29, 0.717) is 5.52 Å². The first kappa shape index (κ1) is 15.5. The van der Waals surface area contributed by atoms with E-state index < -0.39 is 11.4 Å². The molecule has 0 radical (unpaired) electrons. The summed E-state index contributed by atoms with van der Waals surface area (Å²) in [6.45, 7) is -0.171. The maximum absolute atomic E-state index is 13.4. The number of anilines is 1. The molecular formula is C19H16FN3O2. The Hall–Kier alpha value is -3.02. The molecule has 0 saturated carbocycles. The van der Waals surface area contributed by atoms with Crippen molar-refractivity contribution in [2.24, 2.45) is 0 Å². The topological polar surface area (TPSA) is 64.0 Å². The highest BCUT2D eigenvalue weighted by molar-refractivity contribution is 5.91. The lowest BCUT2D eigenvalue weighted by Crippen LogP contribution is -2.28. The number of rotatable bonds is 3. The van der Waals surface area contributed by atoms with Gasteiger partial charge < -0.3 is 5.32 Å². The van der Waals surface area contributed by atoms with Crippen molar-refractivity contribution >= 4 is 22.5 Å². The summed E-state index contributed by atoms with van der Waals surface area (Å²) in [6, 6.07) is 9.72. The second-order valence-corrected chi connectivity index (χ2v) is 6.22. The lowest BCUT2D eigenvalue weighted by atomic mass is 10.1. The predicted octanol–water partition coefficient (Wildman–Crippen LogP) is 2.66. The van der Waals surface area contributed by atoms with Crippen molar-refractivity contribution in [3.05, 3.63) is 70.0 Å². The van der Waals surface area contributed by atoms with Crippen molar-refractivity contribution in [3.8, 4) is 0 Å². The Labute approximate surface area is 143 Å². The molecule has 5 nitrogen and oxygen atoms in total. The molecule has 0 fully saturated rings. The summed E-state index contributed by atoms with van der Waals surface area (Å²) in [6.07, 6.45) is 4.56. The number of amides is 1. The number of benzene rings is 2. The van der Waals surface area contributed by atoms with E-state index in [9.17, 15) is 14.0 Å². The first-order valence-corrected chi connectivity index (χ1v) is 8.16. The van der Waals surface area contributed by atoms with E-state index in [1.54, 1.807) is 0 Å². The fourth-order valence-corrected chi connectivity index (χ4v) is 3.25. The van der Waals surface area contributed by atoms with Gasteiger partial charge in [-0.05, 0) is 60.7 Å². The van der Waals surface area contributed by atoms with E-state index in [4.69, 9.17) is 0 Å². The zero-order valence-corrected chi connectivity index (χ0v) is 13.5. The fraction of sp³-hybridized carbons (Fsp3) is 0.211. The molecule has 1 N–H and O–H groups in total. The number of aryl methyl sites for hydroxylation is 2. The number of hydrogen-bond donors (Lipinski definition) is 1. The molecule has 0 unspecified atom stereocenters. The minimum Gasteiger partial charge on any atom is -0.325 e. The first-order valence-electron chi connectivity index (χ1n) is 8.16. The van der Waals surface area contributed by atoms with E-state index in [1.165, 1.54) is 34.2 Å². The van der Waals surface area contributed by atoms with Crippen LogP contribution < -0.4 is 10.9 Å². The quantitative estimate of drug-likeness (QED) is 0.799. The molecule has 0 atom stereocenters. The molecule has 3 aromatic rings. The van der Waals surface area contributed by atoms with Gasteiger partial charge in [-0.15, -0.1) is 0 Å². The summed E-state index contributed by atoms with van der Waals surface area (Å²) in [4.78, 5) is 28.8. The Morgan fingerprint density at radius 1 is 1.16 bits per heavy atom. The molecule has 2 aromatic carbocycles. The Kier molecular flexibility index (Phi) is 3.80. The van der Waals surface area contributed by atoms with Crippen LogP contribution in [0.25, 0.3) is 10.9 Å². The molecule has 1 aliphatic carbocycles. The number of nitrogens with one attached hydrogen (secondary N) is 1. The molecule has 1 amide bonds. The number of hydrogen-bond acceptors (Lipinski definition) is 3. The Morgan fingerprint density at radius 3 is 2.88 bits per heavy atom. The molecule has 1 heterocycles. The van der Waals surface area contributed by atoms with Crippen molar-refractivity contribution in [1.82, 2.24) is 9.55 Å². The van der Waals surface area contributed by atoms with Crippen LogP contribution >= 0.6 is 0 Å².